The number of thiophene rings is 1. The van der Waals surface area contributed by atoms with Gasteiger partial charge in [-0.1, -0.05) is 109 Å². The highest BCUT2D eigenvalue weighted by Crippen LogP contribution is 2.43. The topological polar surface area (TPSA) is 72.3 Å². The molecule has 0 bridgehead atoms. The fourth-order valence-corrected chi connectivity index (χ4v) is 9.62. The van der Waals surface area contributed by atoms with E-state index < -0.39 is 18.1 Å². The molecule has 0 saturated carbocycles. The van der Waals surface area contributed by atoms with E-state index in [0.717, 1.165) is 49.1 Å². The molecule has 7 heteroatoms. The summed E-state index contributed by atoms with van der Waals surface area (Å²) in [6, 6.07) is 50.5. The first-order valence-corrected chi connectivity index (χ1v) is 19.9. The molecule has 59 heavy (non-hydrogen) atoms. The van der Waals surface area contributed by atoms with Gasteiger partial charge in [0.05, 0.1) is 40.2 Å². The number of nitrogens with zero attached hydrogens (tertiary/aromatic N) is 6. The zero-order chi connectivity index (χ0) is 43.4. The van der Waals surface area contributed by atoms with Crippen LogP contribution in [0.4, 0.5) is 0 Å². The molecule has 0 fully saturated rings. The Balaban J connectivity index is 1.10. The van der Waals surface area contributed by atoms with Crippen molar-refractivity contribution in [1.29, 1.82) is 5.26 Å². The molecule has 0 aliphatic carbocycles. The van der Waals surface area contributed by atoms with Crippen molar-refractivity contribution in [2.45, 2.75) is 0 Å². The SMILES string of the molecule is [2H]c1c([2H])c([2H])c(-n2c3ccccc3c3c2ccc2c4ccccc4n(-c4ccc(-c5nc(-c6ccccc6)nc(-c6ccc7sc8ccccc8c7c6)n5)cc4C#N)c23)c([2H])c1[2H]. The van der Waals surface area contributed by atoms with Gasteiger partial charge in [-0.15, -0.1) is 11.3 Å². The van der Waals surface area contributed by atoms with Crippen molar-refractivity contribution in [3.8, 4) is 51.6 Å². The minimum Gasteiger partial charge on any atom is -0.309 e. The van der Waals surface area contributed by atoms with Gasteiger partial charge in [-0.2, -0.15) is 5.26 Å². The first-order chi connectivity index (χ1) is 31.3. The first-order valence-electron chi connectivity index (χ1n) is 21.6. The van der Waals surface area contributed by atoms with Crippen LogP contribution in [0.5, 0.6) is 0 Å². The Morgan fingerprint density at radius 2 is 1.12 bits per heavy atom. The summed E-state index contributed by atoms with van der Waals surface area (Å²) in [6.45, 7) is 0. The third kappa shape index (κ3) is 5.14. The Morgan fingerprint density at radius 1 is 0.492 bits per heavy atom. The van der Waals surface area contributed by atoms with Crippen molar-refractivity contribution in [3.63, 3.8) is 0 Å². The van der Waals surface area contributed by atoms with Gasteiger partial charge in [-0.25, -0.2) is 15.0 Å². The standard InChI is InChI=1S/C52H30N6S/c53-31-35-29-33(51-54-50(32-13-3-1-4-14-32)55-52(56-51)34-24-28-47-41(30-34)38-18-9-12-22-46(38)59-47)23-26-42(35)58-43-20-10-7-17-37(43)39-25-27-45-48(49(39)58)40-19-8-11-21-44(40)57(45)36-15-5-2-6-16-36/h1-30H/i2D,5D,6D,15D,16D. The van der Waals surface area contributed by atoms with Gasteiger partial charge in [-0.3, -0.25) is 0 Å². The zero-order valence-electron chi connectivity index (χ0n) is 36.0. The highest BCUT2D eigenvalue weighted by molar-refractivity contribution is 7.25. The molecule has 0 atom stereocenters. The molecular formula is C52H30N6S. The lowest BCUT2D eigenvalue weighted by Gasteiger charge is -2.13. The number of hydrogen-bond donors (Lipinski definition) is 0. The molecule has 0 spiro atoms. The predicted molar refractivity (Wildman–Crippen MR) is 242 cm³/mol. The number of aromatic nitrogens is 5. The Labute approximate surface area is 349 Å². The van der Waals surface area contributed by atoms with E-state index in [1.807, 2.05) is 109 Å². The van der Waals surface area contributed by atoms with E-state index in [2.05, 4.69) is 53.1 Å². The molecule has 0 radical (unpaired) electrons. The van der Waals surface area contributed by atoms with E-state index in [-0.39, 0.29) is 17.8 Å². The molecule has 8 aromatic carbocycles. The van der Waals surface area contributed by atoms with E-state index in [9.17, 15) is 5.26 Å². The maximum Gasteiger partial charge on any atom is 0.164 e. The minimum absolute atomic E-state index is 0.0662. The highest BCUT2D eigenvalue weighted by atomic mass is 32.1. The third-order valence-corrected chi connectivity index (χ3v) is 12.3. The van der Waals surface area contributed by atoms with E-state index in [1.54, 1.807) is 15.9 Å². The van der Waals surface area contributed by atoms with Crippen LogP contribution in [0.1, 0.15) is 12.4 Å². The fourth-order valence-electron chi connectivity index (χ4n) is 8.53. The van der Waals surface area contributed by atoms with Gasteiger partial charge >= 0.3 is 0 Å². The summed E-state index contributed by atoms with van der Waals surface area (Å²) in [4.78, 5) is 15.1. The number of hydrogen-bond acceptors (Lipinski definition) is 5. The van der Waals surface area contributed by atoms with Crippen LogP contribution in [0.3, 0.4) is 0 Å². The molecule has 0 aliphatic heterocycles. The molecule has 4 aromatic heterocycles. The summed E-state index contributed by atoms with van der Waals surface area (Å²) < 4.78 is 49.5. The van der Waals surface area contributed by atoms with Crippen LogP contribution < -0.4 is 0 Å². The molecular weight excluding hydrogens is 741 g/mol. The van der Waals surface area contributed by atoms with Crippen molar-refractivity contribution in [3.05, 3.63) is 187 Å². The van der Waals surface area contributed by atoms with Crippen LogP contribution in [-0.2, 0) is 0 Å². The molecule has 6 nitrogen and oxygen atoms in total. The normalized spacial score (nSPS) is 12.9. The van der Waals surface area contributed by atoms with Crippen molar-refractivity contribution >= 4 is 75.1 Å². The Bertz CT molecular complexity index is 3970. The molecule has 0 amide bonds. The molecule has 0 aliphatic rings. The van der Waals surface area contributed by atoms with Gasteiger partial charge in [0.2, 0.25) is 0 Å². The van der Waals surface area contributed by atoms with E-state index in [0.29, 0.717) is 45.3 Å². The maximum atomic E-state index is 11.0. The summed E-state index contributed by atoms with van der Waals surface area (Å²) in [7, 11) is 0. The molecule has 12 aromatic rings. The van der Waals surface area contributed by atoms with Gasteiger partial charge in [0.1, 0.15) is 6.07 Å². The lowest BCUT2D eigenvalue weighted by molar-refractivity contribution is 1.07. The molecule has 0 saturated heterocycles. The summed E-state index contributed by atoms with van der Waals surface area (Å²) in [6.07, 6.45) is 0. The van der Waals surface area contributed by atoms with Crippen LogP contribution in [0.15, 0.2) is 182 Å². The Kier molecular flexibility index (Phi) is 6.31. The number of nitriles is 1. The van der Waals surface area contributed by atoms with Crippen LogP contribution in [-0.4, -0.2) is 24.1 Å². The van der Waals surface area contributed by atoms with Gasteiger partial charge in [0, 0.05) is 64.1 Å². The zero-order valence-corrected chi connectivity index (χ0v) is 31.8. The van der Waals surface area contributed by atoms with Crippen LogP contribution >= 0.6 is 11.3 Å². The van der Waals surface area contributed by atoms with E-state index in [1.165, 1.54) is 14.8 Å². The third-order valence-electron chi connectivity index (χ3n) is 11.1. The monoisotopic (exact) mass is 775 g/mol. The predicted octanol–water partition coefficient (Wildman–Crippen LogP) is 13.3. The van der Waals surface area contributed by atoms with E-state index >= 15 is 0 Å². The second-order valence-electron chi connectivity index (χ2n) is 14.4. The van der Waals surface area contributed by atoms with Gasteiger partial charge < -0.3 is 9.13 Å². The Morgan fingerprint density at radius 3 is 1.90 bits per heavy atom. The summed E-state index contributed by atoms with van der Waals surface area (Å²) in [5.41, 5.74) is 6.46. The number of fused-ring (bicyclic) bond motifs is 10. The lowest BCUT2D eigenvalue weighted by Crippen LogP contribution is -2.02. The average molecular weight is 776 g/mol. The Hall–Kier alpha value is -7.92. The summed E-state index contributed by atoms with van der Waals surface area (Å²) in [5.74, 6) is 1.45. The van der Waals surface area contributed by atoms with Crippen molar-refractivity contribution in [2.24, 2.45) is 0 Å². The van der Waals surface area contributed by atoms with Crippen LogP contribution in [0.2, 0.25) is 0 Å². The number of rotatable bonds is 5. The van der Waals surface area contributed by atoms with Crippen molar-refractivity contribution < 1.29 is 6.85 Å². The second kappa shape index (κ2) is 13.1. The summed E-state index contributed by atoms with van der Waals surface area (Å²) >= 11 is 1.75. The van der Waals surface area contributed by atoms with Crippen molar-refractivity contribution in [1.82, 2.24) is 24.1 Å². The molecule has 12 rings (SSSR count). The second-order valence-corrected chi connectivity index (χ2v) is 15.4. The minimum atomic E-state index is -0.451. The number of para-hydroxylation sites is 3. The molecule has 4 heterocycles. The van der Waals surface area contributed by atoms with Gasteiger partial charge in [0.25, 0.3) is 0 Å². The van der Waals surface area contributed by atoms with Crippen LogP contribution in [0.25, 0.3) is 109 Å². The molecule has 274 valence electrons. The van der Waals surface area contributed by atoms with Gasteiger partial charge in [0.15, 0.2) is 17.5 Å². The lowest BCUT2D eigenvalue weighted by atomic mass is 10.1. The largest absolute Gasteiger partial charge is 0.309 e. The van der Waals surface area contributed by atoms with Crippen LogP contribution in [0, 0.1) is 11.3 Å². The highest BCUT2D eigenvalue weighted by Gasteiger charge is 2.23. The quantitative estimate of drug-likeness (QED) is 0.174. The van der Waals surface area contributed by atoms with E-state index in [4.69, 9.17) is 21.8 Å². The first kappa shape index (κ1) is 28.5. The molecule has 0 unspecified atom stereocenters. The molecule has 0 N–H and O–H groups in total. The average Bonchev–Trinajstić information content (AvgIpc) is 4.00. The summed E-state index contributed by atoms with van der Waals surface area (Å²) in [5, 5.41) is 16.9. The maximum absolute atomic E-state index is 11.0. The smallest absolute Gasteiger partial charge is 0.164 e. The van der Waals surface area contributed by atoms with Gasteiger partial charge in [-0.05, 0) is 72.7 Å². The fraction of sp³-hybridized carbons (Fsp3) is 0. The number of benzene rings is 8. The van der Waals surface area contributed by atoms with Crippen molar-refractivity contribution in [2.75, 3.05) is 0 Å².